The maximum Gasteiger partial charge on any atom is 0.262 e. The first-order valence-electron chi connectivity index (χ1n) is 9.59. The number of nitrogens with zero attached hydrogens (tertiary/aromatic N) is 2. The number of rotatable bonds is 9. The number of hydrogen-bond donors (Lipinski definition) is 1. The van der Waals surface area contributed by atoms with Gasteiger partial charge in [0, 0.05) is 13.2 Å². The van der Waals surface area contributed by atoms with E-state index in [0.29, 0.717) is 35.6 Å². The molecule has 0 saturated heterocycles. The molecule has 0 aliphatic rings. The Labute approximate surface area is 174 Å². The van der Waals surface area contributed by atoms with Crippen LogP contribution in [-0.4, -0.2) is 28.2 Å². The van der Waals surface area contributed by atoms with Crippen molar-refractivity contribution in [3.05, 3.63) is 70.5 Å². The number of primary amides is 1. The van der Waals surface area contributed by atoms with Gasteiger partial charge in [0.2, 0.25) is 5.91 Å². The Balaban J connectivity index is 1.98. The summed E-state index contributed by atoms with van der Waals surface area (Å²) in [5.74, 6) is -0.474. The summed E-state index contributed by atoms with van der Waals surface area (Å²) >= 11 is 1.21. The predicted octanol–water partition coefficient (Wildman–Crippen LogP) is 3.53. The van der Waals surface area contributed by atoms with E-state index in [-0.39, 0.29) is 11.7 Å². The van der Waals surface area contributed by atoms with E-state index in [4.69, 9.17) is 10.5 Å². The minimum Gasteiger partial charge on any atom is -0.379 e. The van der Waals surface area contributed by atoms with Gasteiger partial charge in [0.15, 0.2) is 5.16 Å². The first kappa shape index (κ1) is 21.1. The molecular formula is C22H25N3O3S. The second-order valence-corrected chi connectivity index (χ2v) is 8.02. The zero-order valence-corrected chi connectivity index (χ0v) is 17.4. The highest BCUT2D eigenvalue weighted by molar-refractivity contribution is 8.00. The number of nitrogens with two attached hydrogens (primary N) is 1. The summed E-state index contributed by atoms with van der Waals surface area (Å²) < 4.78 is 7.22. The summed E-state index contributed by atoms with van der Waals surface area (Å²) in [6.45, 7) is 4.94. The van der Waals surface area contributed by atoms with Crippen LogP contribution in [0.2, 0.25) is 0 Å². The summed E-state index contributed by atoms with van der Waals surface area (Å²) in [5.41, 5.74) is 6.93. The summed E-state index contributed by atoms with van der Waals surface area (Å²) in [6, 6.07) is 16.5. The first-order valence-corrected chi connectivity index (χ1v) is 10.5. The number of para-hydroxylation sites is 1. The normalized spacial score (nSPS) is 12.4. The maximum absolute atomic E-state index is 13.1. The summed E-state index contributed by atoms with van der Waals surface area (Å²) in [4.78, 5) is 30.0. The topological polar surface area (TPSA) is 87.2 Å². The number of fused-ring (bicyclic) bond motifs is 1. The van der Waals surface area contributed by atoms with Gasteiger partial charge in [0.1, 0.15) is 5.25 Å². The highest BCUT2D eigenvalue weighted by Crippen LogP contribution is 2.34. The van der Waals surface area contributed by atoms with Gasteiger partial charge >= 0.3 is 0 Å². The van der Waals surface area contributed by atoms with Crippen LogP contribution in [0.15, 0.2) is 64.5 Å². The number of amides is 1. The van der Waals surface area contributed by atoms with Gasteiger partial charge in [-0.2, -0.15) is 0 Å². The van der Waals surface area contributed by atoms with Gasteiger partial charge in [-0.05, 0) is 38.0 Å². The molecule has 0 fully saturated rings. The van der Waals surface area contributed by atoms with E-state index in [1.807, 2.05) is 56.3 Å². The molecule has 0 bridgehead atoms. The van der Waals surface area contributed by atoms with Gasteiger partial charge in [0.25, 0.3) is 5.56 Å². The van der Waals surface area contributed by atoms with E-state index in [1.54, 1.807) is 16.7 Å². The molecule has 7 heteroatoms. The molecule has 2 aromatic carbocycles. The average molecular weight is 412 g/mol. The lowest BCUT2D eigenvalue weighted by molar-refractivity contribution is -0.117. The van der Waals surface area contributed by atoms with E-state index in [0.717, 1.165) is 5.56 Å². The number of aromatic nitrogens is 2. The molecular weight excluding hydrogens is 386 g/mol. The molecule has 3 aromatic rings. The van der Waals surface area contributed by atoms with Crippen molar-refractivity contribution in [3.63, 3.8) is 0 Å². The van der Waals surface area contributed by atoms with Crippen molar-refractivity contribution in [1.82, 2.24) is 9.55 Å². The summed E-state index contributed by atoms with van der Waals surface area (Å²) in [6.07, 6.45) is 0.797. The van der Waals surface area contributed by atoms with Crippen LogP contribution in [-0.2, 0) is 16.1 Å². The van der Waals surface area contributed by atoms with E-state index in [2.05, 4.69) is 4.98 Å². The van der Waals surface area contributed by atoms with Crippen LogP contribution in [0.3, 0.4) is 0 Å². The van der Waals surface area contributed by atoms with Crippen molar-refractivity contribution >= 4 is 28.6 Å². The quantitative estimate of drug-likeness (QED) is 0.331. The molecule has 1 aromatic heterocycles. The molecule has 0 spiro atoms. The molecule has 1 atom stereocenters. The lowest BCUT2D eigenvalue weighted by Crippen LogP contribution is -2.26. The Hall–Kier alpha value is -2.64. The monoisotopic (exact) mass is 411 g/mol. The van der Waals surface area contributed by atoms with E-state index in [9.17, 15) is 9.59 Å². The number of hydrogen-bond acceptors (Lipinski definition) is 5. The van der Waals surface area contributed by atoms with E-state index in [1.165, 1.54) is 11.8 Å². The van der Waals surface area contributed by atoms with Gasteiger partial charge in [-0.25, -0.2) is 4.98 Å². The van der Waals surface area contributed by atoms with Crippen LogP contribution in [0.4, 0.5) is 0 Å². The number of thioether (sulfide) groups is 1. The van der Waals surface area contributed by atoms with Crippen LogP contribution < -0.4 is 11.3 Å². The number of carbonyl (C=O) groups excluding carboxylic acids is 1. The van der Waals surface area contributed by atoms with E-state index >= 15 is 0 Å². The molecule has 29 heavy (non-hydrogen) atoms. The van der Waals surface area contributed by atoms with Gasteiger partial charge in [-0.3, -0.25) is 14.2 Å². The molecule has 3 rings (SSSR count). The number of benzene rings is 2. The summed E-state index contributed by atoms with van der Waals surface area (Å²) in [5, 5.41) is 0.394. The minimum absolute atomic E-state index is 0.126. The second kappa shape index (κ2) is 9.71. The Morgan fingerprint density at radius 2 is 1.83 bits per heavy atom. The van der Waals surface area contributed by atoms with Crippen molar-refractivity contribution in [2.75, 3.05) is 6.61 Å². The third kappa shape index (κ3) is 5.25. The van der Waals surface area contributed by atoms with Crippen molar-refractivity contribution in [1.29, 1.82) is 0 Å². The Morgan fingerprint density at radius 3 is 2.52 bits per heavy atom. The number of ether oxygens (including phenoxy) is 1. The molecule has 152 valence electrons. The molecule has 1 amide bonds. The molecule has 1 heterocycles. The van der Waals surface area contributed by atoms with Crippen molar-refractivity contribution in [3.8, 4) is 0 Å². The average Bonchev–Trinajstić information content (AvgIpc) is 2.71. The Bertz CT molecular complexity index is 1030. The van der Waals surface area contributed by atoms with Crippen molar-refractivity contribution in [2.24, 2.45) is 5.73 Å². The molecule has 0 aliphatic heterocycles. The van der Waals surface area contributed by atoms with Crippen LogP contribution >= 0.6 is 11.8 Å². The molecule has 1 unspecified atom stereocenters. The zero-order chi connectivity index (χ0) is 20.8. The Morgan fingerprint density at radius 1 is 1.14 bits per heavy atom. The van der Waals surface area contributed by atoms with Gasteiger partial charge in [-0.1, -0.05) is 54.2 Å². The fraction of sp³-hybridized carbons (Fsp3) is 0.318. The minimum atomic E-state index is -0.637. The van der Waals surface area contributed by atoms with Crippen LogP contribution in [0, 0.1) is 0 Å². The summed E-state index contributed by atoms with van der Waals surface area (Å²) in [7, 11) is 0. The van der Waals surface area contributed by atoms with Gasteiger partial charge in [-0.15, -0.1) is 0 Å². The fourth-order valence-corrected chi connectivity index (χ4v) is 4.07. The molecule has 2 N–H and O–H groups in total. The van der Waals surface area contributed by atoms with Gasteiger partial charge < -0.3 is 10.5 Å². The maximum atomic E-state index is 13.1. The molecule has 0 aliphatic carbocycles. The molecule has 6 nitrogen and oxygen atoms in total. The molecule has 0 radical (unpaired) electrons. The lowest BCUT2D eigenvalue weighted by Gasteiger charge is -2.17. The SMILES string of the molecule is CC(C)OCCCn1c(SC(C(N)=O)c2ccccc2)nc2ccccc2c1=O. The van der Waals surface area contributed by atoms with Crippen LogP contribution in [0.5, 0.6) is 0 Å². The smallest absolute Gasteiger partial charge is 0.262 e. The second-order valence-electron chi connectivity index (χ2n) is 6.95. The van der Waals surface area contributed by atoms with Crippen LogP contribution in [0.1, 0.15) is 31.1 Å². The van der Waals surface area contributed by atoms with E-state index < -0.39 is 11.2 Å². The molecule has 0 saturated carbocycles. The highest BCUT2D eigenvalue weighted by Gasteiger charge is 2.23. The zero-order valence-electron chi connectivity index (χ0n) is 16.6. The number of carbonyl (C=O) groups is 1. The van der Waals surface area contributed by atoms with Crippen molar-refractivity contribution < 1.29 is 9.53 Å². The fourth-order valence-electron chi connectivity index (χ4n) is 3.00. The lowest BCUT2D eigenvalue weighted by atomic mass is 10.1. The van der Waals surface area contributed by atoms with Crippen molar-refractivity contribution in [2.45, 2.75) is 43.3 Å². The first-order chi connectivity index (χ1) is 14.0. The predicted molar refractivity (Wildman–Crippen MR) is 116 cm³/mol. The standard InChI is InChI=1S/C22H25N3O3S/c1-15(2)28-14-8-13-25-21(27)17-11-6-7-12-18(17)24-22(25)29-19(20(23)26)16-9-4-3-5-10-16/h3-7,9-12,15,19H,8,13-14H2,1-2H3,(H2,23,26). The third-order valence-electron chi connectivity index (χ3n) is 4.39. The van der Waals surface area contributed by atoms with Gasteiger partial charge in [0.05, 0.1) is 17.0 Å². The highest BCUT2D eigenvalue weighted by atomic mass is 32.2. The Kier molecular flexibility index (Phi) is 7.06. The third-order valence-corrected chi connectivity index (χ3v) is 5.65. The van der Waals surface area contributed by atoms with Crippen LogP contribution in [0.25, 0.3) is 10.9 Å². The largest absolute Gasteiger partial charge is 0.379 e.